The van der Waals surface area contributed by atoms with Crippen LogP contribution in [0, 0.1) is 19.8 Å². The quantitative estimate of drug-likeness (QED) is 0.575. The first-order valence-corrected chi connectivity index (χ1v) is 10.0. The Bertz CT molecular complexity index is 966. The summed E-state index contributed by atoms with van der Waals surface area (Å²) in [6, 6.07) is 12.8. The second-order valence-electron chi connectivity index (χ2n) is 8.09. The van der Waals surface area contributed by atoms with Crippen molar-refractivity contribution in [3.63, 3.8) is 0 Å². The van der Waals surface area contributed by atoms with Gasteiger partial charge in [-0.05, 0) is 48.9 Å². The van der Waals surface area contributed by atoms with Crippen LogP contribution in [0.1, 0.15) is 54.7 Å². The monoisotopic (exact) mass is 373 g/mol. The molecule has 0 radical (unpaired) electrons. The summed E-state index contributed by atoms with van der Waals surface area (Å²) in [5.74, 6) is 2.88. The number of pyridine rings is 1. The summed E-state index contributed by atoms with van der Waals surface area (Å²) in [6.07, 6.45) is 4.94. The average Bonchev–Trinajstić information content (AvgIpc) is 3.47. The van der Waals surface area contributed by atoms with Crippen molar-refractivity contribution < 1.29 is 4.74 Å². The van der Waals surface area contributed by atoms with Crippen LogP contribution in [0.2, 0.25) is 0 Å². The summed E-state index contributed by atoms with van der Waals surface area (Å²) in [7, 11) is 0. The highest BCUT2D eigenvalue weighted by Gasteiger charge is 2.40. The van der Waals surface area contributed by atoms with Crippen LogP contribution in [0.25, 0.3) is 11.1 Å². The van der Waals surface area contributed by atoms with E-state index in [2.05, 4.69) is 72.1 Å². The molecule has 0 bridgehead atoms. The minimum Gasteiger partial charge on any atom is -0.477 e. The molecule has 1 aliphatic rings. The number of hydrogen-bond donors (Lipinski definition) is 0. The van der Waals surface area contributed by atoms with Crippen molar-refractivity contribution in [2.75, 3.05) is 6.61 Å². The third-order valence-corrected chi connectivity index (χ3v) is 5.41. The Hall–Kier alpha value is -2.75. The maximum atomic E-state index is 6.19. The smallest absolute Gasteiger partial charge is 0.224 e. The largest absolute Gasteiger partial charge is 0.477 e. The number of benzene rings is 1. The van der Waals surface area contributed by atoms with Gasteiger partial charge in [0.2, 0.25) is 5.88 Å². The highest BCUT2D eigenvalue weighted by Crippen LogP contribution is 2.47. The van der Waals surface area contributed by atoms with Crippen molar-refractivity contribution in [3.05, 3.63) is 71.4 Å². The van der Waals surface area contributed by atoms with Crippen LogP contribution in [-0.2, 0) is 0 Å². The number of aromatic nitrogens is 3. The maximum absolute atomic E-state index is 6.19. The molecule has 0 amide bonds. The van der Waals surface area contributed by atoms with Crippen molar-refractivity contribution in [3.8, 4) is 17.0 Å². The van der Waals surface area contributed by atoms with Gasteiger partial charge in [0, 0.05) is 29.9 Å². The van der Waals surface area contributed by atoms with Crippen molar-refractivity contribution in [1.82, 2.24) is 15.0 Å². The van der Waals surface area contributed by atoms with Crippen LogP contribution in [-0.4, -0.2) is 21.6 Å². The molecule has 2 atom stereocenters. The van der Waals surface area contributed by atoms with Gasteiger partial charge < -0.3 is 4.74 Å². The maximum Gasteiger partial charge on any atom is 0.224 e. The van der Waals surface area contributed by atoms with Crippen molar-refractivity contribution in [1.29, 1.82) is 0 Å². The molecule has 4 heteroatoms. The van der Waals surface area contributed by atoms with Gasteiger partial charge in [0.15, 0.2) is 0 Å². The zero-order valence-electron chi connectivity index (χ0n) is 17.0. The Labute approximate surface area is 167 Å². The molecule has 4 rings (SSSR count). The molecule has 4 nitrogen and oxygen atoms in total. The molecule has 1 aromatic carbocycles. The predicted octanol–water partition coefficient (Wildman–Crippen LogP) is 5.46. The SMILES string of the molecule is Cc1ccc(C2CC2COc2nc(C)ncc2-c2cccc(C(C)C)c2)nc1. The number of aryl methyl sites for hydroxylation is 2. The molecule has 1 fully saturated rings. The van der Waals surface area contributed by atoms with Crippen LogP contribution in [0.3, 0.4) is 0 Å². The highest BCUT2D eigenvalue weighted by atomic mass is 16.5. The third kappa shape index (κ3) is 4.06. The normalized spacial score (nSPS) is 18.3. The highest BCUT2D eigenvalue weighted by molar-refractivity contribution is 5.68. The van der Waals surface area contributed by atoms with Gasteiger partial charge in [-0.3, -0.25) is 4.98 Å². The first-order valence-electron chi connectivity index (χ1n) is 10.0. The molecule has 2 unspecified atom stereocenters. The Morgan fingerprint density at radius 3 is 2.68 bits per heavy atom. The standard InChI is InChI=1S/C24H27N3O/c1-15(2)18-6-5-7-19(10-18)22-13-25-17(4)27-24(22)28-14-20-11-21(20)23-9-8-16(3)12-26-23/h5-10,12-13,15,20-21H,11,14H2,1-4H3. The van der Waals surface area contributed by atoms with E-state index in [0.717, 1.165) is 23.4 Å². The average molecular weight is 374 g/mol. The zero-order chi connectivity index (χ0) is 19.7. The van der Waals surface area contributed by atoms with Gasteiger partial charge in [0.05, 0.1) is 12.2 Å². The van der Waals surface area contributed by atoms with E-state index in [4.69, 9.17) is 4.74 Å². The van der Waals surface area contributed by atoms with Gasteiger partial charge >= 0.3 is 0 Å². The lowest BCUT2D eigenvalue weighted by atomic mass is 9.98. The van der Waals surface area contributed by atoms with E-state index in [1.54, 1.807) is 0 Å². The summed E-state index contributed by atoms with van der Waals surface area (Å²) < 4.78 is 6.19. The minimum absolute atomic E-state index is 0.477. The molecule has 28 heavy (non-hydrogen) atoms. The van der Waals surface area contributed by atoms with E-state index in [1.165, 1.54) is 16.8 Å². The first-order chi connectivity index (χ1) is 13.5. The van der Waals surface area contributed by atoms with Crippen molar-refractivity contribution in [2.45, 2.75) is 46.0 Å². The van der Waals surface area contributed by atoms with Crippen LogP contribution in [0.4, 0.5) is 0 Å². The molecule has 3 aromatic rings. The Morgan fingerprint density at radius 1 is 1.07 bits per heavy atom. The molecule has 2 heterocycles. The number of hydrogen-bond acceptors (Lipinski definition) is 4. The van der Waals surface area contributed by atoms with Gasteiger partial charge in [0.25, 0.3) is 0 Å². The fraction of sp³-hybridized carbons (Fsp3) is 0.375. The minimum atomic E-state index is 0.477. The topological polar surface area (TPSA) is 47.9 Å². The van der Waals surface area contributed by atoms with Crippen LogP contribution in [0.5, 0.6) is 5.88 Å². The van der Waals surface area contributed by atoms with Gasteiger partial charge in [-0.25, -0.2) is 4.98 Å². The Morgan fingerprint density at radius 2 is 1.93 bits per heavy atom. The number of nitrogens with zero attached hydrogens (tertiary/aromatic N) is 3. The number of rotatable bonds is 6. The van der Waals surface area contributed by atoms with E-state index >= 15 is 0 Å². The molecule has 0 N–H and O–H groups in total. The lowest BCUT2D eigenvalue weighted by Gasteiger charge is -2.13. The van der Waals surface area contributed by atoms with E-state index in [-0.39, 0.29) is 0 Å². The zero-order valence-corrected chi connectivity index (χ0v) is 17.0. The molecular formula is C24H27N3O. The Kier molecular flexibility index (Phi) is 5.12. The van der Waals surface area contributed by atoms with E-state index in [1.807, 2.05) is 19.3 Å². The molecular weight excluding hydrogens is 346 g/mol. The van der Waals surface area contributed by atoms with Crippen LogP contribution in [0.15, 0.2) is 48.8 Å². The van der Waals surface area contributed by atoms with Crippen molar-refractivity contribution >= 4 is 0 Å². The Balaban J connectivity index is 1.50. The molecule has 2 aromatic heterocycles. The van der Waals surface area contributed by atoms with Gasteiger partial charge in [-0.1, -0.05) is 44.2 Å². The van der Waals surface area contributed by atoms with Gasteiger partial charge in [-0.2, -0.15) is 4.98 Å². The molecule has 0 saturated heterocycles. The van der Waals surface area contributed by atoms with Crippen LogP contribution >= 0.6 is 0 Å². The van der Waals surface area contributed by atoms with Gasteiger partial charge in [-0.15, -0.1) is 0 Å². The lowest BCUT2D eigenvalue weighted by molar-refractivity contribution is 0.285. The summed E-state index contributed by atoms with van der Waals surface area (Å²) in [5.41, 5.74) is 5.73. The second-order valence-corrected chi connectivity index (χ2v) is 8.09. The summed E-state index contributed by atoms with van der Waals surface area (Å²) >= 11 is 0. The van der Waals surface area contributed by atoms with E-state index in [9.17, 15) is 0 Å². The molecule has 0 aliphatic heterocycles. The second kappa shape index (κ2) is 7.70. The predicted molar refractivity (Wildman–Crippen MR) is 112 cm³/mol. The first kappa shape index (κ1) is 18.6. The van der Waals surface area contributed by atoms with Gasteiger partial charge in [0.1, 0.15) is 5.82 Å². The molecule has 0 spiro atoms. The summed E-state index contributed by atoms with van der Waals surface area (Å²) in [5, 5.41) is 0. The van der Waals surface area contributed by atoms with E-state index in [0.29, 0.717) is 30.2 Å². The molecule has 1 aliphatic carbocycles. The molecule has 144 valence electrons. The third-order valence-electron chi connectivity index (χ3n) is 5.41. The van der Waals surface area contributed by atoms with Crippen LogP contribution < -0.4 is 4.74 Å². The summed E-state index contributed by atoms with van der Waals surface area (Å²) in [6.45, 7) is 9.03. The summed E-state index contributed by atoms with van der Waals surface area (Å²) in [4.78, 5) is 13.6. The number of ether oxygens (including phenoxy) is 1. The fourth-order valence-corrected chi connectivity index (χ4v) is 3.50. The van der Waals surface area contributed by atoms with E-state index < -0.39 is 0 Å². The molecule has 1 saturated carbocycles. The van der Waals surface area contributed by atoms with Crippen molar-refractivity contribution in [2.24, 2.45) is 5.92 Å². The lowest BCUT2D eigenvalue weighted by Crippen LogP contribution is -2.05. The fourth-order valence-electron chi connectivity index (χ4n) is 3.50.